The standard InChI is InChI=1S/C21H19FN2O4S2/c1-12(19(27)23-9-8-13-6-7-16(25)17(26)10-13)24-20(28)18(30-21(24)29)11-14-4-2-3-5-15(14)22/h2-7,10-12,25-26H,8-9H2,1H3,(H,23,27). The number of hydrogen-bond donors (Lipinski definition) is 3. The predicted octanol–water partition coefficient (Wildman–Crippen LogP) is 3.19. The van der Waals surface area contributed by atoms with E-state index in [4.69, 9.17) is 12.2 Å². The number of thiocarbonyl (C=S) groups is 1. The molecule has 0 spiro atoms. The Balaban J connectivity index is 1.62. The Labute approximate surface area is 182 Å². The Morgan fingerprint density at radius 1 is 1.27 bits per heavy atom. The van der Waals surface area contributed by atoms with Crippen LogP contribution in [0.25, 0.3) is 6.08 Å². The van der Waals surface area contributed by atoms with Gasteiger partial charge in [0.15, 0.2) is 11.5 Å². The summed E-state index contributed by atoms with van der Waals surface area (Å²) in [6.07, 6.45) is 1.86. The molecule has 1 unspecified atom stereocenters. The number of nitrogens with one attached hydrogen (secondary N) is 1. The molecule has 2 aromatic carbocycles. The van der Waals surface area contributed by atoms with Crippen LogP contribution in [0.5, 0.6) is 11.5 Å². The number of thioether (sulfide) groups is 1. The highest BCUT2D eigenvalue weighted by Gasteiger charge is 2.38. The van der Waals surface area contributed by atoms with Crippen LogP contribution in [-0.2, 0) is 16.0 Å². The highest BCUT2D eigenvalue weighted by Crippen LogP contribution is 2.34. The summed E-state index contributed by atoms with van der Waals surface area (Å²) in [5.74, 6) is -1.73. The third-order valence-electron chi connectivity index (χ3n) is 4.53. The van der Waals surface area contributed by atoms with Gasteiger partial charge in [0.2, 0.25) is 5.91 Å². The number of phenolic OH excluding ortho intramolecular Hbond substituents is 2. The van der Waals surface area contributed by atoms with Gasteiger partial charge in [-0.3, -0.25) is 14.5 Å². The zero-order valence-corrected chi connectivity index (χ0v) is 17.6. The molecule has 1 fully saturated rings. The van der Waals surface area contributed by atoms with Gasteiger partial charge in [-0.05, 0) is 43.2 Å². The van der Waals surface area contributed by atoms with E-state index in [1.807, 2.05) is 0 Å². The summed E-state index contributed by atoms with van der Waals surface area (Å²) < 4.78 is 14.1. The Morgan fingerprint density at radius 2 is 2.00 bits per heavy atom. The van der Waals surface area contributed by atoms with Gasteiger partial charge in [-0.2, -0.15) is 0 Å². The zero-order chi connectivity index (χ0) is 21.8. The summed E-state index contributed by atoms with van der Waals surface area (Å²) in [6.45, 7) is 1.84. The molecule has 1 heterocycles. The summed E-state index contributed by atoms with van der Waals surface area (Å²) in [7, 11) is 0. The van der Waals surface area contributed by atoms with E-state index in [-0.39, 0.29) is 38.7 Å². The second-order valence-electron chi connectivity index (χ2n) is 6.61. The van der Waals surface area contributed by atoms with Crippen LogP contribution in [0.15, 0.2) is 47.4 Å². The van der Waals surface area contributed by atoms with Gasteiger partial charge in [0.05, 0.1) is 4.91 Å². The summed E-state index contributed by atoms with van der Waals surface area (Å²) in [6, 6.07) is 9.67. The van der Waals surface area contributed by atoms with Crippen molar-refractivity contribution < 1.29 is 24.2 Å². The summed E-state index contributed by atoms with van der Waals surface area (Å²) >= 11 is 6.28. The Bertz CT molecular complexity index is 1040. The van der Waals surface area contributed by atoms with Gasteiger partial charge in [-0.15, -0.1) is 0 Å². The lowest BCUT2D eigenvalue weighted by atomic mass is 10.1. The smallest absolute Gasteiger partial charge is 0.266 e. The predicted molar refractivity (Wildman–Crippen MR) is 117 cm³/mol. The molecule has 2 aromatic rings. The van der Waals surface area contributed by atoms with Gasteiger partial charge in [-0.25, -0.2) is 4.39 Å². The van der Waals surface area contributed by atoms with Crippen molar-refractivity contribution in [1.29, 1.82) is 0 Å². The molecule has 30 heavy (non-hydrogen) atoms. The van der Waals surface area contributed by atoms with Crippen molar-refractivity contribution in [3.8, 4) is 11.5 Å². The molecule has 0 saturated carbocycles. The summed E-state index contributed by atoms with van der Waals surface area (Å²) in [5, 5.41) is 21.6. The van der Waals surface area contributed by atoms with E-state index in [2.05, 4.69) is 5.32 Å². The second kappa shape index (κ2) is 9.27. The number of benzene rings is 2. The number of hydrogen-bond acceptors (Lipinski definition) is 6. The number of nitrogens with zero attached hydrogens (tertiary/aromatic N) is 1. The maximum absolute atomic E-state index is 13.9. The van der Waals surface area contributed by atoms with Crippen molar-refractivity contribution in [2.45, 2.75) is 19.4 Å². The lowest BCUT2D eigenvalue weighted by molar-refractivity contribution is -0.132. The van der Waals surface area contributed by atoms with Crippen LogP contribution in [0, 0.1) is 5.82 Å². The van der Waals surface area contributed by atoms with Crippen molar-refractivity contribution in [1.82, 2.24) is 10.2 Å². The fraction of sp³-hybridized carbons (Fsp3) is 0.190. The van der Waals surface area contributed by atoms with Crippen LogP contribution in [0.1, 0.15) is 18.1 Å². The number of halogens is 1. The van der Waals surface area contributed by atoms with Crippen molar-refractivity contribution in [2.24, 2.45) is 0 Å². The molecule has 0 bridgehead atoms. The van der Waals surface area contributed by atoms with Crippen molar-refractivity contribution in [3.63, 3.8) is 0 Å². The van der Waals surface area contributed by atoms with E-state index >= 15 is 0 Å². The number of rotatable bonds is 6. The minimum absolute atomic E-state index is 0.214. The molecule has 3 N–H and O–H groups in total. The molecular weight excluding hydrogens is 427 g/mol. The fourth-order valence-corrected chi connectivity index (χ4v) is 4.28. The SMILES string of the molecule is CC(C(=O)NCCc1ccc(O)c(O)c1)N1C(=O)C(=Cc2ccccc2F)SC1=S. The van der Waals surface area contributed by atoms with E-state index in [9.17, 15) is 24.2 Å². The zero-order valence-electron chi connectivity index (χ0n) is 16.0. The van der Waals surface area contributed by atoms with E-state index in [1.54, 1.807) is 31.2 Å². The minimum Gasteiger partial charge on any atom is -0.504 e. The van der Waals surface area contributed by atoms with E-state index in [1.165, 1.54) is 29.2 Å². The van der Waals surface area contributed by atoms with Crippen LogP contribution in [0.4, 0.5) is 4.39 Å². The van der Waals surface area contributed by atoms with Gasteiger partial charge >= 0.3 is 0 Å². The van der Waals surface area contributed by atoms with Crippen molar-refractivity contribution >= 4 is 46.2 Å². The molecule has 6 nitrogen and oxygen atoms in total. The van der Waals surface area contributed by atoms with Crippen molar-refractivity contribution in [3.05, 3.63) is 64.3 Å². The lowest BCUT2D eigenvalue weighted by Gasteiger charge is -2.22. The van der Waals surface area contributed by atoms with Crippen LogP contribution in [0.3, 0.4) is 0 Å². The molecule has 1 aliphatic heterocycles. The first-order valence-corrected chi connectivity index (χ1v) is 10.3. The van der Waals surface area contributed by atoms with Gasteiger partial charge < -0.3 is 15.5 Å². The highest BCUT2D eigenvalue weighted by molar-refractivity contribution is 8.26. The van der Waals surface area contributed by atoms with E-state index < -0.39 is 17.8 Å². The Morgan fingerprint density at radius 3 is 2.70 bits per heavy atom. The molecule has 0 radical (unpaired) electrons. The molecule has 9 heteroatoms. The van der Waals surface area contributed by atoms with E-state index in [0.717, 1.165) is 17.3 Å². The van der Waals surface area contributed by atoms with Gasteiger partial charge in [0.1, 0.15) is 16.2 Å². The van der Waals surface area contributed by atoms with Crippen LogP contribution >= 0.6 is 24.0 Å². The minimum atomic E-state index is -0.836. The normalized spacial score (nSPS) is 16.2. The number of carbonyl (C=O) groups excluding carboxylic acids is 2. The third kappa shape index (κ3) is 4.80. The fourth-order valence-electron chi connectivity index (χ4n) is 2.87. The Kier molecular flexibility index (Phi) is 6.73. The third-order valence-corrected chi connectivity index (χ3v) is 5.87. The topological polar surface area (TPSA) is 89.9 Å². The Hall–Kier alpha value is -2.91. The molecule has 1 aliphatic rings. The maximum atomic E-state index is 13.9. The molecule has 1 saturated heterocycles. The molecule has 3 rings (SSSR count). The largest absolute Gasteiger partial charge is 0.504 e. The lowest BCUT2D eigenvalue weighted by Crippen LogP contribution is -2.47. The van der Waals surface area contributed by atoms with Gasteiger partial charge in [0.25, 0.3) is 5.91 Å². The van der Waals surface area contributed by atoms with Crippen LogP contribution < -0.4 is 5.32 Å². The number of aromatic hydroxyl groups is 2. The van der Waals surface area contributed by atoms with Crippen LogP contribution in [-0.4, -0.2) is 43.8 Å². The molecule has 0 aliphatic carbocycles. The van der Waals surface area contributed by atoms with E-state index in [0.29, 0.717) is 6.42 Å². The van der Waals surface area contributed by atoms with Crippen molar-refractivity contribution in [2.75, 3.05) is 6.54 Å². The number of amides is 2. The molecule has 156 valence electrons. The van der Waals surface area contributed by atoms with Crippen LogP contribution in [0.2, 0.25) is 0 Å². The first-order chi connectivity index (χ1) is 14.3. The molecular formula is C21H19FN2O4S2. The molecule has 0 aromatic heterocycles. The number of carbonyl (C=O) groups is 2. The summed E-state index contributed by atoms with van der Waals surface area (Å²) in [5.41, 5.74) is 1.00. The number of phenols is 2. The van der Waals surface area contributed by atoms with Gasteiger partial charge in [0, 0.05) is 12.1 Å². The molecule has 2 amide bonds. The van der Waals surface area contributed by atoms with Gasteiger partial charge in [-0.1, -0.05) is 48.2 Å². The first kappa shape index (κ1) is 21.8. The second-order valence-corrected chi connectivity index (χ2v) is 8.29. The first-order valence-electron chi connectivity index (χ1n) is 9.08. The molecule has 1 atom stereocenters. The average Bonchev–Trinajstić information content (AvgIpc) is 2.99. The summed E-state index contributed by atoms with van der Waals surface area (Å²) in [4.78, 5) is 26.7. The quantitative estimate of drug-likeness (QED) is 0.359. The highest BCUT2D eigenvalue weighted by atomic mass is 32.2. The maximum Gasteiger partial charge on any atom is 0.266 e. The average molecular weight is 447 g/mol. The monoisotopic (exact) mass is 446 g/mol.